The Kier molecular flexibility index (Phi) is 7.11. The predicted octanol–water partition coefficient (Wildman–Crippen LogP) is 7.22. The number of likely N-dealkylation sites (N-methyl/N-ethyl adjacent to an activating group) is 1. The summed E-state index contributed by atoms with van der Waals surface area (Å²) in [5.74, 6) is -0.0706. The smallest absolute Gasteiger partial charge is 0.260 e. The number of fused-ring (bicyclic) bond motifs is 2. The lowest BCUT2D eigenvalue weighted by molar-refractivity contribution is 0.0985. The number of hydrogen-bond acceptors (Lipinski definition) is 6. The average molecular weight is 521 g/mol. The molecule has 0 saturated heterocycles. The number of para-hydroxylation sites is 1. The van der Waals surface area contributed by atoms with Gasteiger partial charge >= 0.3 is 0 Å². The van der Waals surface area contributed by atoms with Crippen LogP contribution in [0.4, 0.5) is 5.13 Å². The maximum atomic E-state index is 14.2. The normalized spacial score (nSPS) is 11.5. The summed E-state index contributed by atoms with van der Waals surface area (Å²) in [6.45, 7) is 7.43. The fourth-order valence-electron chi connectivity index (χ4n) is 4.12. The highest BCUT2D eigenvalue weighted by Crippen LogP contribution is 2.33. The van der Waals surface area contributed by atoms with Crippen LogP contribution in [0, 0.1) is 0 Å². The number of rotatable bonds is 8. The van der Waals surface area contributed by atoms with Crippen LogP contribution in [0.25, 0.3) is 31.7 Å². The van der Waals surface area contributed by atoms with Crippen molar-refractivity contribution in [2.45, 2.75) is 13.8 Å². The Morgan fingerprint density at radius 1 is 0.943 bits per heavy atom. The number of thiophene rings is 1. The standard InChI is InChI=1S/C27H25ClN4OS2/c1-3-31(4-2)13-14-32(27-30-22-12-11-18(28)16-25(22)35-27)26(33)20-17-23(24-10-7-15-34-24)29-21-9-6-5-8-19(20)21/h5-12,15-17H,3-4,13-14H2,1-2H3. The molecule has 0 fully saturated rings. The van der Waals surface area contributed by atoms with Crippen molar-refractivity contribution in [1.82, 2.24) is 14.9 Å². The molecule has 0 aliphatic heterocycles. The Morgan fingerprint density at radius 3 is 2.54 bits per heavy atom. The molecule has 0 aliphatic carbocycles. The number of thiazole rings is 1. The minimum absolute atomic E-state index is 0.0706. The maximum Gasteiger partial charge on any atom is 0.260 e. The third-order valence-corrected chi connectivity index (χ3v) is 8.24. The maximum absolute atomic E-state index is 14.2. The first-order valence-electron chi connectivity index (χ1n) is 11.6. The van der Waals surface area contributed by atoms with Gasteiger partial charge in [-0.3, -0.25) is 9.69 Å². The molecule has 3 heterocycles. The van der Waals surface area contributed by atoms with Gasteiger partial charge in [0.1, 0.15) is 0 Å². The number of carbonyl (C=O) groups is 1. The van der Waals surface area contributed by atoms with Crippen LogP contribution < -0.4 is 4.90 Å². The number of nitrogens with zero attached hydrogens (tertiary/aromatic N) is 4. The van der Waals surface area contributed by atoms with Gasteiger partial charge in [-0.1, -0.05) is 61.1 Å². The number of benzene rings is 2. The fraction of sp³-hybridized carbons (Fsp3) is 0.222. The molecule has 0 bridgehead atoms. The molecule has 8 heteroatoms. The monoisotopic (exact) mass is 520 g/mol. The number of amides is 1. The molecular formula is C27H25ClN4OS2. The molecule has 5 aromatic rings. The Morgan fingerprint density at radius 2 is 1.77 bits per heavy atom. The zero-order chi connectivity index (χ0) is 24.4. The van der Waals surface area contributed by atoms with Crippen LogP contribution >= 0.6 is 34.3 Å². The molecule has 35 heavy (non-hydrogen) atoms. The van der Waals surface area contributed by atoms with E-state index in [-0.39, 0.29) is 5.91 Å². The quantitative estimate of drug-likeness (QED) is 0.217. The largest absolute Gasteiger partial charge is 0.302 e. The van der Waals surface area contributed by atoms with E-state index in [2.05, 4.69) is 18.7 Å². The van der Waals surface area contributed by atoms with Crippen molar-refractivity contribution in [1.29, 1.82) is 0 Å². The number of halogens is 1. The molecule has 0 saturated carbocycles. The number of pyridine rings is 1. The van der Waals surface area contributed by atoms with Gasteiger partial charge in [0.2, 0.25) is 0 Å². The summed E-state index contributed by atoms with van der Waals surface area (Å²) in [5.41, 5.74) is 3.09. The highest BCUT2D eigenvalue weighted by atomic mass is 35.5. The van der Waals surface area contributed by atoms with Gasteiger partial charge in [-0.15, -0.1) is 11.3 Å². The highest BCUT2D eigenvalue weighted by molar-refractivity contribution is 7.22. The van der Waals surface area contributed by atoms with Gasteiger partial charge in [-0.05, 0) is 54.9 Å². The molecule has 0 spiro atoms. The van der Waals surface area contributed by atoms with Crippen LogP contribution in [0.3, 0.4) is 0 Å². The van der Waals surface area contributed by atoms with Crippen molar-refractivity contribution in [3.8, 4) is 10.6 Å². The molecule has 5 nitrogen and oxygen atoms in total. The van der Waals surface area contributed by atoms with Crippen molar-refractivity contribution < 1.29 is 4.79 Å². The van der Waals surface area contributed by atoms with E-state index >= 15 is 0 Å². The molecule has 0 aliphatic rings. The fourth-order valence-corrected chi connectivity index (χ4v) is 6.07. The summed E-state index contributed by atoms with van der Waals surface area (Å²) < 4.78 is 0.965. The summed E-state index contributed by atoms with van der Waals surface area (Å²) in [5, 5.41) is 4.21. The lowest BCUT2D eigenvalue weighted by Crippen LogP contribution is -2.39. The minimum Gasteiger partial charge on any atom is -0.302 e. The number of hydrogen-bond donors (Lipinski definition) is 0. The molecule has 3 aromatic heterocycles. The Hall–Kier alpha value is -2.84. The summed E-state index contributed by atoms with van der Waals surface area (Å²) in [7, 11) is 0. The highest BCUT2D eigenvalue weighted by Gasteiger charge is 2.25. The van der Waals surface area contributed by atoms with E-state index in [1.165, 1.54) is 11.3 Å². The summed E-state index contributed by atoms with van der Waals surface area (Å²) >= 11 is 9.34. The first-order valence-corrected chi connectivity index (χ1v) is 13.7. The predicted molar refractivity (Wildman–Crippen MR) is 149 cm³/mol. The van der Waals surface area contributed by atoms with Crippen molar-refractivity contribution >= 4 is 66.4 Å². The lowest BCUT2D eigenvalue weighted by atomic mass is 10.1. The van der Waals surface area contributed by atoms with Gasteiger partial charge in [0, 0.05) is 23.5 Å². The number of carbonyl (C=O) groups excluding carboxylic acids is 1. The third kappa shape index (κ3) is 4.95. The van der Waals surface area contributed by atoms with Crippen molar-refractivity contribution in [3.63, 3.8) is 0 Å². The average Bonchev–Trinajstić information content (AvgIpc) is 3.56. The van der Waals surface area contributed by atoms with Crippen molar-refractivity contribution in [2.75, 3.05) is 31.1 Å². The first kappa shape index (κ1) is 23.9. The van der Waals surface area contributed by atoms with E-state index in [9.17, 15) is 4.79 Å². The lowest BCUT2D eigenvalue weighted by Gasteiger charge is -2.25. The van der Waals surface area contributed by atoms with Crippen LogP contribution in [-0.4, -0.2) is 47.0 Å². The Labute approximate surface area is 217 Å². The second-order valence-corrected chi connectivity index (χ2v) is 10.5. The topological polar surface area (TPSA) is 49.3 Å². The third-order valence-electron chi connectivity index (χ3n) is 6.07. The zero-order valence-corrected chi connectivity index (χ0v) is 22.0. The molecule has 2 aromatic carbocycles. The van der Waals surface area contributed by atoms with Gasteiger partial charge in [0.25, 0.3) is 5.91 Å². The molecule has 0 radical (unpaired) electrons. The van der Waals surface area contributed by atoms with E-state index in [4.69, 9.17) is 21.6 Å². The van der Waals surface area contributed by atoms with Gasteiger partial charge in [-0.2, -0.15) is 0 Å². The number of anilines is 1. The van der Waals surface area contributed by atoms with Gasteiger partial charge < -0.3 is 4.90 Å². The van der Waals surface area contributed by atoms with Crippen LogP contribution in [0.5, 0.6) is 0 Å². The van der Waals surface area contributed by atoms with Crippen molar-refractivity contribution in [2.24, 2.45) is 0 Å². The van der Waals surface area contributed by atoms with Crippen LogP contribution in [0.15, 0.2) is 66.0 Å². The van der Waals surface area contributed by atoms with Crippen LogP contribution in [0.1, 0.15) is 24.2 Å². The SMILES string of the molecule is CCN(CC)CCN(C(=O)c1cc(-c2cccs2)nc2ccccc12)c1nc2ccc(Cl)cc2s1. The van der Waals surface area contributed by atoms with E-state index in [0.717, 1.165) is 51.3 Å². The molecule has 1 amide bonds. The van der Waals surface area contributed by atoms with Gasteiger partial charge in [0.15, 0.2) is 5.13 Å². The zero-order valence-electron chi connectivity index (χ0n) is 19.6. The van der Waals surface area contributed by atoms with Crippen LogP contribution in [-0.2, 0) is 0 Å². The molecule has 0 atom stereocenters. The Bertz CT molecular complexity index is 1480. The molecule has 5 rings (SSSR count). The van der Waals surface area contributed by atoms with Crippen LogP contribution in [0.2, 0.25) is 5.02 Å². The molecular weight excluding hydrogens is 496 g/mol. The Balaban J connectivity index is 1.62. The summed E-state index contributed by atoms with van der Waals surface area (Å²) in [6, 6.07) is 19.4. The molecule has 178 valence electrons. The van der Waals surface area contributed by atoms with Gasteiger partial charge in [0.05, 0.1) is 31.9 Å². The first-order chi connectivity index (χ1) is 17.1. The summed E-state index contributed by atoms with van der Waals surface area (Å²) in [4.78, 5) is 29.1. The van der Waals surface area contributed by atoms with E-state index < -0.39 is 0 Å². The molecule has 0 unspecified atom stereocenters. The second-order valence-electron chi connectivity index (χ2n) is 8.14. The summed E-state index contributed by atoms with van der Waals surface area (Å²) in [6.07, 6.45) is 0. The minimum atomic E-state index is -0.0706. The molecule has 0 N–H and O–H groups in total. The van der Waals surface area contributed by atoms with E-state index in [1.807, 2.05) is 70.9 Å². The second kappa shape index (κ2) is 10.4. The van der Waals surface area contributed by atoms with E-state index in [0.29, 0.717) is 22.3 Å². The van der Waals surface area contributed by atoms with Gasteiger partial charge in [-0.25, -0.2) is 9.97 Å². The number of aromatic nitrogens is 2. The van der Waals surface area contributed by atoms with E-state index in [1.54, 1.807) is 11.3 Å². The van der Waals surface area contributed by atoms with Crippen molar-refractivity contribution in [3.05, 3.63) is 76.6 Å².